The second-order valence-corrected chi connectivity index (χ2v) is 8.52. The lowest BCUT2D eigenvalue weighted by molar-refractivity contribution is -0.136. The normalized spacial score (nSPS) is 12.6. The highest BCUT2D eigenvalue weighted by Crippen LogP contribution is 2.38. The minimum atomic E-state index is -0.991. The molecule has 0 fully saturated rings. The van der Waals surface area contributed by atoms with E-state index in [4.69, 9.17) is 19.6 Å². The number of aliphatic carboxylic acids is 1. The molecule has 2 heterocycles. The highest BCUT2D eigenvalue weighted by molar-refractivity contribution is 5.99. The summed E-state index contributed by atoms with van der Waals surface area (Å²) in [6.45, 7) is -0.111. The van der Waals surface area contributed by atoms with E-state index in [0.29, 0.717) is 22.8 Å². The zero-order chi connectivity index (χ0) is 25.9. The van der Waals surface area contributed by atoms with Crippen molar-refractivity contribution in [1.29, 1.82) is 0 Å². The van der Waals surface area contributed by atoms with Crippen molar-refractivity contribution in [3.05, 3.63) is 84.7 Å². The van der Waals surface area contributed by atoms with Gasteiger partial charge >= 0.3 is 5.97 Å². The van der Waals surface area contributed by atoms with E-state index < -0.39 is 5.97 Å². The van der Waals surface area contributed by atoms with E-state index in [1.165, 1.54) is 17.0 Å². The molecule has 0 bridgehead atoms. The number of rotatable bonds is 7. The summed E-state index contributed by atoms with van der Waals surface area (Å²) >= 11 is 0. The quantitative estimate of drug-likeness (QED) is 0.366. The lowest BCUT2D eigenvalue weighted by Crippen LogP contribution is -2.40. The highest BCUT2D eigenvalue weighted by atomic mass is 19.1. The number of carbonyl (C=O) groups excluding carboxylic acids is 1. The molecule has 1 aliphatic rings. The Morgan fingerprint density at radius 1 is 0.946 bits per heavy atom. The number of methoxy groups -OCH3 is 1. The van der Waals surface area contributed by atoms with Gasteiger partial charge in [0.2, 0.25) is 0 Å². The fraction of sp³-hybridized carbons (Fsp3) is 0.138. The average molecular weight is 499 g/mol. The Kier molecular flexibility index (Phi) is 6.55. The van der Waals surface area contributed by atoms with E-state index in [0.717, 1.165) is 28.0 Å². The van der Waals surface area contributed by atoms with Crippen molar-refractivity contribution in [2.75, 3.05) is 25.2 Å². The first kappa shape index (κ1) is 24.0. The molecule has 0 saturated carbocycles. The van der Waals surface area contributed by atoms with Gasteiger partial charge in [-0.3, -0.25) is 9.59 Å². The number of pyridine rings is 1. The van der Waals surface area contributed by atoms with E-state index >= 15 is 0 Å². The first-order chi connectivity index (χ1) is 17.9. The van der Waals surface area contributed by atoms with E-state index in [-0.39, 0.29) is 31.3 Å². The van der Waals surface area contributed by atoms with Crippen LogP contribution in [0.2, 0.25) is 0 Å². The molecular weight excluding hydrogens is 475 g/mol. The van der Waals surface area contributed by atoms with Gasteiger partial charge in [0.15, 0.2) is 6.61 Å². The molecule has 4 aromatic rings. The third-order valence-corrected chi connectivity index (χ3v) is 6.14. The van der Waals surface area contributed by atoms with Crippen LogP contribution in [-0.2, 0) is 9.59 Å². The number of carbonyl (C=O) groups is 2. The molecule has 1 aliphatic heterocycles. The van der Waals surface area contributed by atoms with Gasteiger partial charge in [-0.25, -0.2) is 9.37 Å². The van der Waals surface area contributed by atoms with Gasteiger partial charge in [0, 0.05) is 17.7 Å². The van der Waals surface area contributed by atoms with Crippen LogP contribution < -0.4 is 14.4 Å². The summed E-state index contributed by atoms with van der Waals surface area (Å²) in [4.78, 5) is 30.0. The van der Waals surface area contributed by atoms with Gasteiger partial charge in [-0.15, -0.1) is 0 Å². The predicted molar refractivity (Wildman–Crippen MR) is 137 cm³/mol. The topological polar surface area (TPSA) is 89.0 Å². The molecule has 8 heteroatoms. The zero-order valence-electron chi connectivity index (χ0n) is 20.0. The summed E-state index contributed by atoms with van der Waals surface area (Å²) in [7, 11) is 1.61. The summed E-state index contributed by atoms with van der Waals surface area (Å²) in [5.41, 5.74) is 5.07. The fourth-order valence-electron chi connectivity index (χ4n) is 4.21. The van der Waals surface area contributed by atoms with Crippen molar-refractivity contribution in [2.45, 2.75) is 6.42 Å². The largest absolute Gasteiger partial charge is 0.497 e. The van der Waals surface area contributed by atoms with Crippen LogP contribution in [0, 0.1) is 5.82 Å². The van der Waals surface area contributed by atoms with E-state index in [2.05, 4.69) is 0 Å². The van der Waals surface area contributed by atoms with Crippen molar-refractivity contribution in [2.24, 2.45) is 0 Å². The molecule has 1 amide bonds. The summed E-state index contributed by atoms with van der Waals surface area (Å²) < 4.78 is 24.4. The Bertz CT molecular complexity index is 1470. The molecular formula is C29H23FN2O5. The number of ether oxygens (including phenoxy) is 2. The molecule has 1 N–H and O–H groups in total. The van der Waals surface area contributed by atoms with Gasteiger partial charge in [0.25, 0.3) is 5.91 Å². The van der Waals surface area contributed by atoms with Crippen LogP contribution in [0.25, 0.3) is 33.6 Å². The predicted octanol–water partition coefficient (Wildman–Crippen LogP) is 5.43. The molecule has 7 nitrogen and oxygen atoms in total. The number of carboxylic acid groups (broad SMARTS) is 1. The molecule has 0 aliphatic carbocycles. The number of carboxylic acids is 1. The Morgan fingerprint density at radius 3 is 2.27 bits per heavy atom. The van der Waals surface area contributed by atoms with Crippen molar-refractivity contribution < 1.29 is 28.6 Å². The summed E-state index contributed by atoms with van der Waals surface area (Å²) in [5, 5.41) is 9.13. The maximum absolute atomic E-state index is 13.6. The summed E-state index contributed by atoms with van der Waals surface area (Å²) in [6.07, 6.45) is -0.185. The number of nitrogens with zero attached hydrogens (tertiary/aromatic N) is 2. The minimum absolute atomic E-state index is 0.0358. The van der Waals surface area contributed by atoms with Crippen LogP contribution >= 0.6 is 0 Å². The second-order valence-electron chi connectivity index (χ2n) is 8.52. The SMILES string of the molecule is COc1ccc(-c2cc(-c3ccc(F)cc3)nc(-c3ccc4c(c3)N(CCC(=O)O)C(=O)CO4)c2)cc1. The number of anilines is 1. The Hall–Kier alpha value is -4.72. The number of fused-ring (bicyclic) bond motifs is 1. The molecule has 0 saturated heterocycles. The standard InChI is InChI=1S/C29H23FN2O5/c1-36-23-9-4-18(5-10-23)21-14-24(19-2-7-22(30)8-3-19)31-25(15-21)20-6-11-27-26(16-20)32(13-12-29(34)35)28(33)17-37-27/h2-11,14-16H,12-13,17H2,1H3,(H,34,35). The van der Waals surface area contributed by atoms with Gasteiger partial charge in [0.05, 0.1) is 30.6 Å². The average Bonchev–Trinajstić information content (AvgIpc) is 2.92. The van der Waals surface area contributed by atoms with Gasteiger partial charge < -0.3 is 19.5 Å². The van der Waals surface area contributed by atoms with Crippen molar-refractivity contribution in [3.63, 3.8) is 0 Å². The van der Waals surface area contributed by atoms with Gasteiger partial charge in [0.1, 0.15) is 17.3 Å². The van der Waals surface area contributed by atoms with Crippen LogP contribution in [0.15, 0.2) is 78.9 Å². The maximum atomic E-state index is 13.6. The lowest BCUT2D eigenvalue weighted by atomic mass is 9.99. The number of halogens is 1. The lowest BCUT2D eigenvalue weighted by Gasteiger charge is -2.29. The Morgan fingerprint density at radius 2 is 1.59 bits per heavy atom. The third kappa shape index (κ3) is 5.13. The number of benzene rings is 3. The first-order valence-electron chi connectivity index (χ1n) is 11.6. The first-order valence-corrected chi connectivity index (χ1v) is 11.6. The molecule has 37 heavy (non-hydrogen) atoms. The Labute approximate surface area is 212 Å². The number of aromatic nitrogens is 1. The van der Waals surface area contributed by atoms with Gasteiger partial charge in [-0.1, -0.05) is 12.1 Å². The number of hydrogen-bond acceptors (Lipinski definition) is 5. The van der Waals surface area contributed by atoms with E-state index in [9.17, 15) is 14.0 Å². The van der Waals surface area contributed by atoms with E-state index in [1.807, 2.05) is 42.5 Å². The van der Waals surface area contributed by atoms with E-state index in [1.54, 1.807) is 31.4 Å². The van der Waals surface area contributed by atoms with Gasteiger partial charge in [-0.05, 0) is 77.9 Å². The van der Waals surface area contributed by atoms with Crippen LogP contribution in [0.5, 0.6) is 11.5 Å². The van der Waals surface area contributed by atoms with Crippen molar-refractivity contribution >= 4 is 17.6 Å². The Balaban J connectivity index is 1.62. The highest BCUT2D eigenvalue weighted by Gasteiger charge is 2.26. The molecule has 0 atom stereocenters. The van der Waals surface area contributed by atoms with Crippen LogP contribution in [0.3, 0.4) is 0 Å². The van der Waals surface area contributed by atoms with Crippen molar-refractivity contribution in [3.8, 4) is 45.1 Å². The molecule has 3 aromatic carbocycles. The van der Waals surface area contributed by atoms with Crippen molar-refractivity contribution in [1.82, 2.24) is 4.98 Å². The molecule has 0 radical (unpaired) electrons. The molecule has 1 aromatic heterocycles. The van der Waals surface area contributed by atoms with Gasteiger partial charge in [-0.2, -0.15) is 0 Å². The number of amides is 1. The minimum Gasteiger partial charge on any atom is -0.497 e. The number of hydrogen-bond donors (Lipinski definition) is 1. The molecule has 0 unspecified atom stereocenters. The zero-order valence-corrected chi connectivity index (χ0v) is 20.0. The van der Waals surface area contributed by atoms with Crippen LogP contribution in [0.4, 0.5) is 10.1 Å². The van der Waals surface area contributed by atoms with Crippen LogP contribution in [0.1, 0.15) is 6.42 Å². The smallest absolute Gasteiger partial charge is 0.305 e. The third-order valence-electron chi connectivity index (χ3n) is 6.14. The van der Waals surface area contributed by atoms with Crippen LogP contribution in [-0.4, -0.2) is 42.2 Å². The fourth-order valence-corrected chi connectivity index (χ4v) is 4.21. The second kappa shape index (κ2) is 10.1. The molecule has 0 spiro atoms. The summed E-state index contributed by atoms with van der Waals surface area (Å²) in [6, 6.07) is 23.0. The molecule has 5 rings (SSSR count). The monoisotopic (exact) mass is 498 g/mol. The summed E-state index contributed by atoms with van der Waals surface area (Å²) in [5.74, 6) is -0.403. The maximum Gasteiger partial charge on any atom is 0.305 e. The molecule has 186 valence electrons.